The first-order chi connectivity index (χ1) is 15.9. The Labute approximate surface area is 196 Å². The molecule has 0 aliphatic rings. The minimum absolute atomic E-state index is 0.0119. The average Bonchev–Trinajstić information content (AvgIpc) is 3.41. The summed E-state index contributed by atoms with van der Waals surface area (Å²) in [6, 6.07) is 15.5. The van der Waals surface area contributed by atoms with E-state index in [1.165, 1.54) is 17.3 Å². The molecule has 33 heavy (non-hydrogen) atoms. The maximum absolute atomic E-state index is 13.0. The Morgan fingerprint density at radius 3 is 2.52 bits per heavy atom. The average molecular weight is 464 g/mol. The summed E-state index contributed by atoms with van der Waals surface area (Å²) in [5.74, 6) is 1.75. The van der Waals surface area contributed by atoms with Crippen LogP contribution < -0.4 is 9.47 Å². The number of hydrogen-bond donors (Lipinski definition) is 0. The highest BCUT2D eigenvalue weighted by molar-refractivity contribution is 7.99. The van der Waals surface area contributed by atoms with E-state index in [-0.39, 0.29) is 11.5 Å². The molecule has 0 saturated carbocycles. The van der Waals surface area contributed by atoms with E-state index in [9.17, 15) is 4.79 Å². The SMILES string of the molecule is COc1ccc(-c2nnc(SCC(=O)c3cc(C)n(-c4cccc(C)c4)c3C)o2)cc1OC. The van der Waals surface area contributed by atoms with Gasteiger partial charge in [-0.2, -0.15) is 0 Å². The number of ketones is 1. The summed E-state index contributed by atoms with van der Waals surface area (Å²) in [6.07, 6.45) is 0. The molecule has 0 amide bonds. The van der Waals surface area contributed by atoms with Gasteiger partial charge in [0, 0.05) is 28.2 Å². The van der Waals surface area contributed by atoms with E-state index < -0.39 is 0 Å². The summed E-state index contributed by atoms with van der Waals surface area (Å²) in [5, 5.41) is 8.51. The zero-order valence-corrected chi connectivity index (χ0v) is 20.0. The fraction of sp³-hybridized carbons (Fsp3) is 0.240. The van der Waals surface area contributed by atoms with Crippen molar-refractivity contribution < 1.29 is 18.7 Å². The second-order valence-corrected chi connectivity index (χ2v) is 8.54. The van der Waals surface area contributed by atoms with E-state index in [0.717, 1.165) is 17.1 Å². The number of aromatic nitrogens is 3. The molecule has 0 N–H and O–H groups in total. The molecular formula is C25H25N3O4S. The van der Waals surface area contributed by atoms with Gasteiger partial charge in [0.15, 0.2) is 17.3 Å². The first-order valence-electron chi connectivity index (χ1n) is 10.4. The molecule has 2 aromatic carbocycles. The summed E-state index contributed by atoms with van der Waals surface area (Å²) in [5.41, 5.74) is 5.56. The Balaban J connectivity index is 1.48. The Morgan fingerprint density at radius 1 is 1.00 bits per heavy atom. The summed E-state index contributed by atoms with van der Waals surface area (Å²) < 4.78 is 18.4. The maximum Gasteiger partial charge on any atom is 0.277 e. The lowest BCUT2D eigenvalue weighted by atomic mass is 10.2. The van der Waals surface area contributed by atoms with Crippen LogP contribution in [0.1, 0.15) is 27.3 Å². The van der Waals surface area contributed by atoms with E-state index in [0.29, 0.717) is 33.7 Å². The lowest BCUT2D eigenvalue weighted by molar-refractivity contribution is 0.102. The second kappa shape index (κ2) is 9.54. The summed E-state index contributed by atoms with van der Waals surface area (Å²) in [7, 11) is 3.15. The van der Waals surface area contributed by atoms with Crippen molar-refractivity contribution in [2.24, 2.45) is 0 Å². The number of benzene rings is 2. The van der Waals surface area contributed by atoms with Gasteiger partial charge in [0.1, 0.15) is 0 Å². The molecule has 0 spiro atoms. The van der Waals surface area contributed by atoms with E-state index >= 15 is 0 Å². The molecule has 0 fully saturated rings. The number of rotatable bonds is 8. The molecule has 2 heterocycles. The number of Topliss-reactive ketones (excluding diaryl/α,β-unsaturated/α-hetero) is 1. The highest BCUT2D eigenvalue weighted by atomic mass is 32.2. The number of thioether (sulfide) groups is 1. The van der Waals surface area contributed by atoms with Crippen molar-refractivity contribution in [2.75, 3.05) is 20.0 Å². The highest BCUT2D eigenvalue weighted by Crippen LogP contribution is 2.33. The minimum atomic E-state index is 0.0119. The predicted molar refractivity (Wildman–Crippen MR) is 128 cm³/mol. The third-order valence-electron chi connectivity index (χ3n) is 5.36. The molecule has 0 saturated heterocycles. The lowest BCUT2D eigenvalue weighted by Crippen LogP contribution is -2.05. The monoisotopic (exact) mass is 463 g/mol. The zero-order valence-electron chi connectivity index (χ0n) is 19.2. The Morgan fingerprint density at radius 2 is 1.79 bits per heavy atom. The molecular weight excluding hydrogens is 438 g/mol. The number of hydrogen-bond acceptors (Lipinski definition) is 7. The molecule has 7 nitrogen and oxygen atoms in total. The van der Waals surface area contributed by atoms with Crippen LogP contribution in [0.5, 0.6) is 11.5 Å². The zero-order chi connectivity index (χ0) is 23.5. The highest BCUT2D eigenvalue weighted by Gasteiger charge is 2.19. The van der Waals surface area contributed by atoms with Gasteiger partial charge in [0.2, 0.25) is 5.89 Å². The first kappa shape index (κ1) is 22.7. The van der Waals surface area contributed by atoms with Gasteiger partial charge < -0.3 is 18.5 Å². The molecule has 0 aliphatic carbocycles. The van der Waals surface area contributed by atoms with Crippen LogP contribution in [-0.2, 0) is 0 Å². The van der Waals surface area contributed by atoms with E-state index in [2.05, 4.69) is 33.8 Å². The molecule has 0 radical (unpaired) electrons. The van der Waals surface area contributed by atoms with Crippen LogP contribution in [0.3, 0.4) is 0 Å². The van der Waals surface area contributed by atoms with Crippen molar-refractivity contribution in [2.45, 2.75) is 26.0 Å². The van der Waals surface area contributed by atoms with Crippen LogP contribution in [-0.4, -0.2) is 40.5 Å². The van der Waals surface area contributed by atoms with Crippen LogP contribution in [0.4, 0.5) is 0 Å². The van der Waals surface area contributed by atoms with Crippen molar-refractivity contribution >= 4 is 17.5 Å². The van der Waals surface area contributed by atoms with Crippen LogP contribution in [0.25, 0.3) is 17.1 Å². The largest absolute Gasteiger partial charge is 0.493 e. The van der Waals surface area contributed by atoms with Gasteiger partial charge in [-0.05, 0) is 62.7 Å². The van der Waals surface area contributed by atoms with Gasteiger partial charge in [-0.25, -0.2) is 0 Å². The first-order valence-corrected chi connectivity index (χ1v) is 11.4. The van der Waals surface area contributed by atoms with Crippen LogP contribution in [0.15, 0.2) is 58.2 Å². The fourth-order valence-corrected chi connectivity index (χ4v) is 4.42. The number of aryl methyl sites for hydroxylation is 2. The van der Waals surface area contributed by atoms with Gasteiger partial charge in [-0.1, -0.05) is 23.9 Å². The summed E-state index contributed by atoms with van der Waals surface area (Å²) in [6.45, 7) is 6.03. The minimum Gasteiger partial charge on any atom is -0.493 e. The standard InChI is InChI=1S/C25H25N3O4S/c1-15-7-6-8-19(11-15)28-16(2)12-20(17(28)3)21(29)14-33-25-27-26-24(32-25)18-9-10-22(30-4)23(13-18)31-5/h6-13H,14H2,1-5H3. The Kier molecular flexibility index (Phi) is 6.55. The molecule has 2 aromatic heterocycles. The summed E-state index contributed by atoms with van der Waals surface area (Å²) in [4.78, 5) is 13.0. The lowest BCUT2D eigenvalue weighted by Gasteiger charge is -2.10. The number of methoxy groups -OCH3 is 2. The molecule has 0 aliphatic heterocycles. The number of nitrogens with zero attached hydrogens (tertiary/aromatic N) is 3. The van der Waals surface area contributed by atoms with Crippen molar-refractivity contribution in [3.8, 4) is 28.6 Å². The third-order valence-corrected chi connectivity index (χ3v) is 6.17. The smallest absolute Gasteiger partial charge is 0.277 e. The molecule has 0 bridgehead atoms. The maximum atomic E-state index is 13.0. The van der Waals surface area contributed by atoms with Gasteiger partial charge in [-0.3, -0.25) is 4.79 Å². The number of carbonyl (C=O) groups is 1. The third kappa shape index (κ3) is 4.66. The molecule has 8 heteroatoms. The van der Waals surface area contributed by atoms with Crippen molar-refractivity contribution in [1.29, 1.82) is 0 Å². The summed E-state index contributed by atoms with van der Waals surface area (Å²) >= 11 is 1.22. The molecule has 0 unspecified atom stereocenters. The van der Waals surface area contributed by atoms with Gasteiger partial charge in [0.25, 0.3) is 5.22 Å². The van der Waals surface area contributed by atoms with Crippen LogP contribution in [0.2, 0.25) is 0 Å². The van der Waals surface area contributed by atoms with Crippen molar-refractivity contribution in [3.05, 3.63) is 71.0 Å². The number of carbonyl (C=O) groups excluding carboxylic acids is 1. The van der Waals surface area contributed by atoms with E-state index in [4.69, 9.17) is 13.9 Å². The number of ether oxygens (including phenoxy) is 2. The fourth-order valence-electron chi connectivity index (χ4n) is 3.77. The van der Waals surface area contributed by atoms with Gasteiger partial charge in [0.05, 0.1) is 20.0 Å². The Bertz CT molecular complexity index is 1310. The normalized spacial score (nSPS) is 10.9. The van der Waals surface area contributed by atoms with Gasteiger partial charge >= 0.3 is 0 Å². The topological polar surface area (TPSA) is 79.4 Å². The van der Waals surface area contributed by atoms with Crippen LogP contribution in [0, 0.1) is 20.8 Å². The molecule has 0 atom stereocenters. The van der Waals surface area contributed by atoms with Crippen LogP contribution >= 0.6 is 11.8 Å². The van der Waals surface area contributed by atoms with Gasteiger partial charge in [-0.15, -0.1) is 10.2 Å². The van der Waals surface area contributed by atoms with Crippen molar-refractivity contribution in [1.82, 2.24) is 14.8 Å². The molecule has 4 aromatic rings. The quantitative estimate of drug-likeness (QED) is 0.254. The predicted octanol–water partition coefficient (Wildman–Crippen LogP) is 5.44. The van der Waals surface area contributed by atoms with Crippen molar-refractivity contribution in [3.63, 3.8) is 0 Å². The molecule has 4 rings (SSSR count). The second-order valence-electron chi connectivity index (χ2n) is 7.61. The Hall–Kier alpha value is -3.52. The van der Waals surface area contributed by atoms with E-state index in [1.807, 2.05) is 38.1 Å². The van der Waals surface area contributed by atoms with E-state index in [1.54, 1.807) is 26.4 Å². The molecule has 170 valence electrons.